The van der Waals surface area contributed by atoms with Crippen LogP contribution in [0.25, 0.3) is 0 Å². The normalized spacial score (nSPS) is 17.8. The number of amides is 2. The van der Waals surface area contributed by atoms with Crippen molar-refractivity contribution in [2.24, 2.45) is 7.05 Å². The van der Waals surface area contributed by atoms with Gasteiger partial charge in [0.15, 0.2) is 0 Å². The smallest absolute Gasteiger partial charge is 0.251 e. The second-order valence-electron chi connectivity index (χ2n) is 7.65. The third-order valence-corrected chi connectivity index (χ3v) is 6.31. The Morgan fingerprint density at radius 3 is 2.68 bits per heavy atom. The molecule has 6 nitrogen and oxygen atoms in total. The van der Waals surface area contributed by atoms with Gasteiger partial charge in [-0.3, -0.25) is 14.3 Å². The molecule has 0 saturated heterocycles. The first-order valence-electron chi connectivity index (χ1n) is 9.85. The number of aromatic nitrogens is 2. The molecule has 0 aliphatic carbocycles. The summed E-state index contributed by atoms with van der Waals surface area (Å²) < 4.78 is 16.3. The molecule has 160 valence electrons. The van der Waals surface area contributed by atoms with E-state index in [1.54, 1.807) is 48.3 Å². The van der Waals surface area contributed by atoms with Gasteiger partial charge in [0.05, 0.1) is 5.69 Å². The minimum Gasteiger partial charge on any atom is -0.339 e. The summed E-state index contributed by atoms with van der Waals surface area (Å²) >= 11 is 1.31. The standard InChI is InChI=1S/C23H23FN4O2S/c1-12-6-5-7-15(10-12)22(29)25-20-19(14-8-9-17(31-4)16(24)11-14)18-13(2)27-28(3)21(18)26-23(20)30/h5-11,19-20H,1-4H3,(H,25,29)(H,26,30)/t19-,20-/m0/s1. The first kappa shape index (κ1) is 21.1. The predicted octanol–water partition coefficient (Wildman–Crippen LogP) is 3.78. The highest BCUT2D eigenvalue weighted by molar-refractivity contribution is 7.98. The highest BCUT2D eigenvalue weighted by Gasteiger charge is 2.41. The molecule has 2 aromatic carbocycles. The number of rotatable bonds is 4. The maximum absolute atomic E-state index is 14.7. The Hall–Kier alpha value is -3.13. The number of aryl methyl sites for hydroxylation is 3. The van der Waals surface area contributed by atoms with Gasteiger partial charge in [-0.1, -0.05) is 23.8 Å². The summed E-state index contributed by atoms with van der Waals surface area (Å²) in [6.45, 7) is 3.74. The summed E-state index contributed by atoms with van der Waals surface area (Å²) in [6.07, 6.45) is 1.81. The third-order valence-electron chi connectivity index (χ3n) is 5.54. The highest BCUT2D eigenvalue weighted by atomic mass is 32.2. The minimum absolute atomic E-state index is 0.358. The Bertz CT molecular complexity index is 1190. The molecule has 1 aliphatic heterocycles. The monoisotopic (exact) mass is 438 g/mol. The van der Waals surface area contributed by atoms with Crippen molar-refractivity contribution in [2.75, 3.05) is 11.6 Å². The van der Waals surface area contributed by atoms with Crippen molar-refractivity contribution in [3.05, 3.63) is 76.2 Å². The number of thioether (sulfide) groups is 1. The van der Waals surface area contributed by atoms with Crippen molar-refractivity contribution in [2.45, 2.75) is 30.7 Å². The van der Waals surface area contributed by atoms with Gasteiger partial charge < -0.3 is 10.6 Å². The lowest BCUT2D eigenvalue weighted by Crippen LogP contribution is -2.50. The third kappa shape index (κ3) is 3.83. The maximum Gasteiger partial charge on any atom is 0.251 e. The Labute approximate surface area is 184 Å². The lowest BCUT2D eigenvalue weighted by molar-refractivity contribution is -0.118. The molecule has 8 heteroatoms. The maximum atomic E-state index is 14.7. The van der Waals surface area contributed by atoms with Crippen molar-refractivity contribution in [1.82, 2.24) is 15.1 Å². The van der Waals surface area contributed by atoms with Crippen molar-refractivity contribution in [3.8, 4) is 0 Å². The van der Waals surface area contributed by atoms with Crippen LogP contribution in [0, 0.1) is 19.7 Å². The zero-order valence-corrected chi connectivity index (χ0v) is 18.5. The van der Waals surface area contributed by atoms with Crippen LogP contribution in [0.4, 0.5) is 10.2 Å². The van der Waals surface area contributed by atoms with Gasteiger partial charge in [-0.2, -0.15) is 5.10 Å². The summed E-state index contributed by atoms with van der Waals surface area (Å²) in [5.41, 5.74) is 3.50. The fraction of sp³-hybridized carbons (Fsp3) is 0.261. The van der Waals surface area contributed by atoms with Crippen LogP contribution in [0.2, 0.25) is 0 Å². The number of fused-ring (bicyclic) bond motifs is 1. The van der Waals surface area contributed by atoms with Gasteiger partial charge in [0, 0.05) is 29.0 Å². The van der Waals surface area contributed by atoms with E-state index in [9.17, 15) is 14.0 Å². The number of carbonyl (C=O) groups excluding carboxylic acids is 2. The van der Waals surface area contributed by atoms with E-state index in [1.807, 2.05) is 19.9 Å². The van der Waals surface area contributed by atoms with E-state index in [2.05, 4.69) is 15.7 Å². The Morgan fingerprint density at radius 2 is 2.00 bits per heavy atom. The van der Waals surface area contributed by atoms with Gasteiger partial charge in [-0.15, -0.1) is 11.8 Å². The number of hydrogen-bond donors (Lipinski definition) is 2. The van der Waals surface area contributed by atoms with Gasteiger partial charge in [0.2, 0.25) is 5.91 Å². The fourth-order valence-corrected chi connectivity index (χ4v) is 4.56. The van der Waals surface area contributed by atoms with Gasteiger partial charge in [-0.25, -0.2) is 4.39 Å². The van der Waals surface area contributed by atoms with Crippen LogP contribution in [0.15, 0.2) is 47.4 Å². The molecule has 1 aromatic heterocycles. The molecule has 2 amide bonds. The van der Waals surface area contributed by atoms with Crippen LogP contribution >= 0.6 is 11.8 Å². The van der Waals surface area contributed by atoms with E-state index in [0.29, 0.717) is 27.5 Å². The number of benzene rings is 2. The summed E-state index contributed by atoms with van der Waals surface area (Å²) in [5.74, 6) is -1.10. The number of nitrogens with zero attached hydrogens (tertiary/aromatic N) is 2. The molecule has 0 bridgehead atoms. The molecule has 0 unspecified atom stereocenters. The van der Waals surface area contributed by atoms with E-state index in [-0.39, 0.29) is 17.6 Å². The highest BCUT2D eigenvalue weighted by Crippen LogP contribution is 2.40. The van der Waals surface area contributed by atoms with E-state index < -0.39 is 12.0 Å². The molecular weight excluding hydrogens is 415 g/mol. The Balaban J connectivity index is 1.80. The van der Waals surface area contributed by atoms with Crippen LogP contribution in [-0.2, 0) is 11.8 Å². The SMILES string of the molecule is CSc1ccc([C@H]2c3c(C)nn(C)c3NC(=O)[C@H]2NC(=O)c2cccc(C)c2)cc1F. The van der Waals surface area contributed by atoms with Crippen molar-refractivity contribution < 1.29 is 14.0 Å². The van der Waals surface area contributed by atoms with E-state index >= 15 is 0 Å². The van der Waals surface area contributed by atoms with E-state index in [4.69, 9.17) is 0 Å². The topological polar surface area (TPSA) is 76.0 Å². The average Bonchev–Trinajstić information content (AvgIpc) is 3.01. The van der Waals surface area contributed by atoms with E-state index in [1.165, 1.54) is 17.8 Å². The van der Waals surface area contributed by atoms with E-state index in [0.717, 1.165) is 11.1 Å². The summed E-state index contributed by atoms with van der Waals surface area (Å²) in [7, 11) is 1.74. The number of halogens is 1. The van der Waals surface area contributed by atoms with Crippen LogP contribution in [0.1, 0.15) is 38.7 Å². The quantitative estimate of drug-likeness (QED) is 0.608. The number of nitrogens with one attached hydrogen (secondary N) is 2. The minimum atomic E-state index is -0.914. The van der Waals surface area contributed by atoms with Crippen molar-refractivity contribution in [3.63, 3.8) is 0 Å². The molecule has 0 radical (unpaired) electrons. The average molecular weight is 439 g/mol. The summed E-state index contributed by atoms with van der Waals surface area (Å²) in [6, 6.07) is 11.2. The van der Waals surface area contributed by atoms with Crippen LogP contribution in [0.5, 0.6) is 0 Å². The lowest BCUT2D eigenvalue weighted by Gasteiger charge is -2.32. The Morgan fingerprint density at radius 1 is 1.23 bits per heavy atom. The number of anilines is 1. The first-order chi connectivity index (χ1) is 14.8. The zero-order chi connectivity index (χ0) is 22.3. The van der Waals surface area contributed by atoms with Crippen LogP contribution in [-0.4, -0.2) is 33.9 Å². The largest absolute Gasteiger partial charge is 0.339 e. The molecule has 4 rings (SSSR count). The van der Waals surface area contributed by atoms with Gasteiger partial charge in [0.1, 0.15) is 17.7 Å². The van der Waals surface area contributed by atoms with Crippen molar-refractivity contribution in [1.29, 1.82) is 0 Å². The fourth-order valence-electron chi connectivity index (χ4n) is 4.10. The second kappa shape index (κ2) is 8.19. The molecular formula is C23H23FN4O2S. The van der Waals surface area contributed by atoms with Crippen LogP contribution in [0.3, 0.4) is 0 Å². The van der Waals surface area contributed by atoms with Crippen molar-refractivity contribution >= 4 is 29.4 Å². The molecule has 2 atom stereocenters. The predicted molar refractivity (Wildman–Crippen MR) is 119 cm³/mol. The molecule has 1 aliphatic rings. The van der Waals surface area contributed by atoms with Gasteiger partial charge in [0.25, 0.3) is 5.91 Å². The number of carbonyl (C=O) groups is 2. The zero-order valence-electron chi connectivity index (χ0n) is 17.7. The molecule has 0 saturated carbocycles. The molecule has 2 N–H and O–H groups in total. The Kier molecular flexibility index (Phi) is 5.58. The summed E-state index contributed by atoms with van der Waals surface area (Å²) in [4.78, 5) is 26.6. The molecule has 0 spiro atoms. The number of hydrogen-bond acceptors (Lipinski definition) is 4. The molecule has 3 aromatic rings. The molecule has 2 heterocycles. The molecule has 0 fully saturated rings. The van der Waals surface area contributed by atoms with Gasteiger partial charge in [-0.05, 0) is 49.9 Å². The summed E-state index contributed by atoms with van der Waals surface area (Å²) in [5, 5.41) is 10.2. The van der Waals surface area contributed by atoms with Crippen LogP contribution < -0.4 is 10.6 Å². The molecule has 31 heavy (non-hydrogen) atoms. The second-order valence-corrected chi connectivity index (χ2v) is 8.50. The lowest BCUT2D eigenvalue weighted by atomic mass is 9.81. The van der Waals surface area contributed by atoms with Gasteiger partial charge >= 0.3 is 0 Å². The first-order valence-corrected chi connectivity index (χ1v) is 11.1.